The molecule has 2 aliphatic rings. The summed E-state index contributed by atoms with van der Waals surface area (Å²) in [7, 11) is 0. The van der Waals surface area contributed by atoms with Crippen molar-refractivity contribution in [1.29, 1.82) is 0 Å². The lowest BCUT2D eigenvalue weighted by molar-refractivity contribution is 0.0163. The maximum atomic E-state index is 13.6. The molecule has 0 spiro atoms. The van der Waals surface area contributed by atoms with Crippen molar-refractivity contribution in [3.05, 3.63) is 35.4 Å². The Morgan fingerprint density at radius 3 is 2.82 bits per heavy atom. The minimum atomic E-state index is -0.495. The molecule has 2 aliphatic heterocycles. The van der Waals surface area contributed by atoms with E-state index in [2.05, 4.69) is 5.16 Å². The fraction of sp³-hybridized carbons (Fsp3) is 0.562. The minimum Gasteiger partial charge on any atom is -0.388 e. The summed E-state index contributed by atoms with van der Waals surface area (Å²) in [5.74, 6) is 0.298. The maximum absolute atomic E-state index is 13.6. The molecule has 0 saturated carbocycles. The first-order chi connectivity index (χ1) is 10.6. The van der Waals surface area contributed by atoms with Gasteiger partial charge in [-0.15, -0.1) is 0 Å². The smallest absolute Gasteiger partial charge is 0.149 e. The van der Waals surface area contributed by atoms with Crippen LogP contribution >= 0.6 is 11.8 Å². The van der Waals surface area contributed by atoms with Crippen LogP contribution in [0.4, 0.5) is 8.78 Å². The van der Waals surface area contributed by atoms with Crippen LogP contribution in [0.5, 0.6) is 0 Å². The Morgan fingerprint density at radius 2 is 2.14 bits per heavy atom. The van der Waals surface area contributed by atoms with Gasteiger partial charge in [0.05, 0.1) is 12.3 Å². The second kappa shape index (κ2) is 6.54. The highest BCUT2D eigenvalue weighted by molar-refractivity contribution is 7.98. The summed E-state index contributed by atoms with van der Waals surface area (Å²) in [5, 5.41) is 4.21. The number of hydrogen-bond acceptors (Lipinski definition) is 4. The fourth-order valence-electron chi connectivity index (χ4n) is 2.75. The van der Waals surface area contributed by atoms with E-state index in [0.717, 1.165) is 25.2 Å². The molecular formula is C16H19F2NO2S. The zero-order valence-corrected chi connectivity index (χ0v) is 13.3. The van der Waals surface area contributed by atoms with Crippen LogP contribution in [-0.4, -0.2) is 30.3 Å². The molecule has 6 heteroatoms. The monoisotopic (exact) mass is 327 g/mol. The van der Waals surface area contributed by atoms with Gasteiger partial charge in [0.25, 0.3) is 0 Å². The van der Waals surface area contributed by atoms with Gasteiger partial charge in [0.2, 0.25) is 0 Å². The minimum absolute atomic E-state index is 0.124. The first-order valence-corrected chi connectivity index (χ1v) is 8.56. The average Bonchev–Trinajstić information content (AvgIpc) is 3.12. The number of ether oxygens (including phenoxy) is 1. The zero-order chi connectivity index (χ0) is 15.6. The van der Waals surface area contributed by atoms with Crippen LogP contribution < -0.4 is 0 Å². The number of benzene rings is 1. The second-order valence-electron chi connectivity index (χ2n) is 6.05. The Balaban J connectivity index is 1.52. The van der Waals surface area contributed by atoms with E-state index in [0.29, 0.717) is 24.0 Å². The van der Waals surface area contributed by atoms with Crippen LogP contribution in [-0.2, 0) is 15.3 Å². The van der Waals surface area contributed by atoms with Gasteiger partial charge in [-0.3, -0.25) is 0 Å². The first kappa shape index (κ1) is 15.7. The van der Waals surface area contributed by atoms with Crippen molar-refractivity contribution in [3.63, 3.8) is 0 Å². The molecular weight excluding hydrogens is 308 g/mol. The summed E-state index contributed by atoms with van der Waals surface area (Å²) in [6, 6.07) is 3.95. The molecule has 3 rings (SSSR count). The van der Waals surface area contributed by atoms with Crippen molar-refractivity contribution in [2.45, 2.75) is 31.1 Å². The molecule has 2 heterocycles. The van der Waals surface area contributed by atoms with Crippen molar-refractivity contribution in [2.24, 2.45) is 11.1 Å². The molecule has 0 aliphatic carbocycles. The third-order valence-electron chi connectivity index (χ3n) is 4.05. The van der Waals surface area contributed by atoms with Crippen molar-refractivity contribution in [3.8, 4) is 0 Å². The van der Waals surface area contributed by atoms with Gasteiger partial charge in [-0.25, -0.2) is 8.78 Å². The lowest BCUT2D eigenvalue weighted by atomic mass is 9.93. The summed E-state index contributed by atoms with van der Waals surface area (Å²) < 4.78 is 32.6. The van der Waals surface area contributed by atoms with E-state index < -0.39 is 17.2 Å². The number of halogens is 2. The molecule has 0 radical (unpaired) electrons. The normalized spacial score (nSPS) is 27.8. The molecule has 2 unspecified atom stereocenters. The average molecular weight is 327 g/mol. The van der Waals surface area contributed by atoms with Crippen LogP contribution in [0, 0.1) is 17.6 Å². The molecule has 0 bridgehead atoms. The molecule has 3 nitrogen and oxygen atoms in total. The number of hydrogen-bond donors (Lipinski definition) is 0. The predicted molar refractivity (Wildman–Crippen MR) is 83.0 cm³/mol. The van der Waals surface area contributed by atoms with Crippen LogP contribution in [0.15, 0.2) is 23.4 Å². The zero-order valence-electron chi connectivity index (χ0n) is 12.5. The van der Waals surface area contributed by atoms with E-state index in [1.165, 1.54) is 30.0 Å². The van der Waals surface area contributed by atoms with Gasteiger partial charge in [-0.2, -0.15) is 11.8 Å². The number of rotatable bonds is 5. The van der Waals surface area contributed by atoms with Gasteiger partial charge in [0.15, 0.2) is 0 Å². The van der Waals surface area contributed by atoms with Crippen molar-refractivity contribution in [1.82, 2.24) is 0 Å². The summed E-state index contributed by atoms with van der Waals surface area (Å²) >= 11 is 1.47. The molecule has 1 aromatic rings. The molecule has 0 amide bonds. The number of oxime groups is 1. The Bertz CT molecular complexity index is 555. The molecule has 2 atom stereocenters. The lowest BCUT2D eigenvalue weighted by Gasteiger charge is -2.21. The molecule has 0 N–H and O–H groups in total. The molecule has 1 aromatic carbocycles. The van der Waals surface area contributed by atoms with E-state index in [1.807, 2.05) is 6.92 Å². The summed E-state index contributed by atoms with van der Waals surface area (Å²) in [5.41, 5.74) is 0.779. The molecule has 0 aromatic heterocycles. The summed E-state index contributed by atoms with van der Waals surface area (Å²) in [6.07, 6.45) is 1.75. The Morgan fingerprint density at radius 1 is 1.36 bits per heavy atom. The third-order valence-corrected chi connectivity index (χ3v) is 5.36. The van der Waals surface area contributed by atoms with Crippen LogP contribution in [0.1, 0.15) is 25.3 Å². The molecule has 1 saturated heterocycles. The van der Waals surface area contributed by atoms with Crippen LogP contribution in [0.3, 0.4) is 0 Å². The summed E-state index contributed by atoms with van der Waals surface area (Å²) in [4.78, 5) is 5.59. The number of nitrogens with zero attached hydrogens (tertiary/aromatic N) is 1. The SMILES string of the molecule is CC1(CSCc2c(F)cccc2F)CC(C2CCOC2)=NO1. The van der Waals surface area contributed by atoms with E-state index in [9.17, 15) is 8.78 Å². The van der Waals surface area contributed by atoms with Gasteiger partial charge in [0.1, 0.15) is 17.2 Å². The van der Waals surface area contributed by atoms with Gasteiger partial charge in [-0.1, -0.05) is 11.2 Å². The number of thioether (sulfide) groups is 1. The summed E-state index contributed by atoms with van der Waals surface area (Å²) in [6.45, 7) is 3.48. The highest BCUT2D eigenvalue weighted by atomic mass is 32.2. The van der Waals surface area contributed by atoms with Crippen molar-refractivity contribution < 1.29 is 18.4 Å². The highest BCUT2D eigenvalue weighted by Gasteiger charge is 2.38. The lowest BCUT2D eigenvalue weighted by Crippen LogP contribution is -2.29. The van der Waals surface area contributed by atoms with E-state index in [4.69, 9.17) is 9.57 Å². The molecule has 120 valence electrons. The highest BCUT2D eigenvalue weighted by Crippen LogP contribution is 2.33. The first-order valence-electron chi connectivity index (χ1n) is 7.41. The van der Waals surface area contributed by atoms with Gasteiger partial charge >= 0.3 is 0 Å². The predicted octanol–water partition coefficient (Wildman–Crippen LogP) is 3.77. The van der Waals surface area contributed by atoms with Crippen molar-refractivity contribution >= 4 is 17.5 Å². The van der Waals surface area contributed by atoms with E-state index >= 15 is 0 Å². The standard InChI is InChI=1S/C16H19F2NO2S/c1-16(7-15(19-21-16)11-5-6-20-8-11)10-22-9-12-13(17)3-2-4-14(12)18/h2-4,11H,5-10H2,1H3. The quantitative estimate of drug-likeness (QED) is 0.825. The van der Waals surface area contributed by atoms with Crippen LogP contribution in [0.25, 0.3) is 0 Å². The fourth-order valence-corrected chi connectivity index (χ4v) is 3.92. The van der Waals surface area contributed by atoms with Crippen LogP contribution in [0.2, 0.25) is 0 Å². The van der Waals surface area contributed by atoms with Gasteiger partial charge in [0, 0.05) is 36.0 Å². The molecule has 22 heavy (non-hydrogen) atoms. The van der Waals surface area contributed by atoms with Gasteiger partial charge in [-0.05, 0) is 25.5 Å². The molecule has 1 fully saturated rings. The Hall–Kier alpha value is -1.14. The van der Waals surface area contributed by atoms with E-state index in [1.54, 1.807) is 0 Å². The largest absolute Gasteiger partial charge is 0.388 e. The third kappa shape index (κ3) is 3.43. The van der Waals surface area contributed by atoms with Crippen molar-refractivity contribution in [2.75, 3.05) is 19.0 Å². The maximum Gasteiger partial charge on any atom is 0.149 e. The Labute approximate surface area is 133 Å². The second-order valence-corrected chi connectivity index (χ2v) is 7.04. The van der Waals surface area contributed by atoms with Gasteiger partial charge < -0.3 is 9.57 Å². The van der Waals surface area contributed by atoms with E-state index in [-0.39, 0.29) is 5.56 Å². The Kier molecular flexibility index (Phi) is 4.68. The topological polar surface area (TPSA) is 30.8 Å².